The smallest absolute Gasteiger partial charge is 0.322 e. The van der Waals surface area contributed by atoms with Crippen molar-refractivity contribution in [2.45, 2.75) is 0 Å². The van der Waals surface area contributed by atoms with Gasteiger partial charge in [0, 0.05) is 10.6 Å². The van der Waals surface area contributed by atoms with E-state index >= 15 is 0 Å². The molecule has 1 aromatic heterocycles. The molecule has 2 aromatic rings. The summed E-state index contributed by atoms with van der Waals surface area (Å²) in [4.78, 5) is 7.97. The van der Waals surface area contributed by atoms with E-state index in [1.165, 1.54) is 12.4 Å². The van der Waals surface area contributed by atoms with Crippen molar-refractivity contribution in [2.24, 2.45) is 5.73 Å². The predicted molar refractivity (Wildman–Crippen MR) is 86.0 cm³/mol. The van der Waals surface area contributed by atoms with Crippen LogP contribution in [-0.2, 0) is 0 Å². The first-order valence-corrected chi connectivity index (χ1v) is 6.95. The quantitative estimate of drug-likeness (QED) is 0.803. The highest BCUT2D eigenvalue weighted by Gasteiger charge is 2.11. The average molecular weight is 316 g/mol. The fourth-order valence-corrected chi connectivity index (χ4v) is 2.16. The van der Waals surface area contributed by atoms with Gasteiger partial charge in [-0.05, 0) is 23.8 Å². The number of nitrogen functional groups attached to an aromatic ring is 1. The average Bonchev–Trinajstić information content (AvgIpc) is 2.53. The molecule has 3 rings (SSSR count). The number of anilines is 1. The first-order valence-electron chi connectivity index (χ1n) is 6.57. The largest absolute Gasteiger partial charge is 0.424 e. The molecular weight excluding hydrogens is 302 g/mol. The van der Waals surface area contributed by atoms with Crippen LogP contribution < -0.4 is 21.5 Å². The van der Waals surface area contributed by atoms with Gasteiger partial charge in [-0.2, -0.15) is 0 Å². The van der Waals surface area contributed by atoms with Gasteiger partial charge in [0.1, 0.15) is 11.6 Å². The van der Waals surface area contributed by atoms with Gasteiger partial charge in [0.05, 0.1) is 24.6 Å². The second kappa shape index (κ2) is 5.95. The Bertz CT molecular complexity index is 738. The first-order chi connectivity index (χ1) is 10.6. The van der Waals surface area contributed by atoms with Crippen LogP contribution in [0.4, 0.5) is 5.69 Å². The Morgan fingerprint density at radius 3 is 2.45 bits per heavy atom. The zero-order valence-corrected chi connectivity index (χ0v) is 12.3. The van der Waals surface area contributed by atoms with Gasteiger partial charge in [0.2, 0.25) is 0 Å². The number of hydrogen-bond donors (Lipinski definition) is 3. The minimum atomic E-state index is 0.239. The van der Waals surface area contributed by atoms with Gasteiger partial charge in [-0.3, -0.25) is 0 Å². The Morgan fingerprint density at radius 1 is 1.09 bits per heavy atom. The summed E-state index contributed by atoms with van der Waals surface area (Å²) in [5.41, 5.74) is 13.8. The third kappa shape index (κ3) is 3.12. The molecule has 7 heteroatoms. The number of ether oxygens (including phenoxy) is 1. The Balaban J connectivity index is 1.80. The summed E-state index contributed by atoms with van der Waals surface area (Å²) in [5, 5.41) is 3.74. The number of nitrogens with two attached hydrogens (primary N) is 2. The van der Waals surface area contributed by atoms with Crippen molar-refractivity contribution in [3.05, 3.63) is 59.2 Å². The molecule has 0 saturated carbocycles. The molecule has 0 atom stereocenters. The van der Waals surface area contributed by atoms with Crippen LogP contribution in [0.15, 0.2) is 53.6 Å². The van der Waals surface area contributed by atoms with Crippen molar-refractivity contribution < 1.29 is 4.74 Å². The Labute approximate surface area is 132 Å². The maximum absolute atomic E-state index is 6.04. The minimum absolute atomic E-state index is 0.239. The van der Waals surface area contributed by atoms with Crippen molar-refractivity contribution in [1.82, 2.24) is 15.3 Å². The van der Waals surface area contributed by atoms with E-state index in [1.54, 1.807) is 0 Å². The second-order valence-electron chi connectivity index (χ2n) is 4.70. The van der Waals surface area contributed by atoms with Crippen molar-refractivity contribution in [3.8, 4) is 11.8 Å². The van der Waals surface area contributed by atoms with E-state index in [-0.39, 0.29) is 6.01 Å². The SMILES string of the molecule is NC1=C(c2ccc(Oc3ncc(N)cn3)cc2)C=C(Cl)CN1. The fourth-order valence-electron chi connectivity index (χ4n) is 1.99. The number of hydrogen-bond acceptors (Lipinski definition) is 6. The molecule has 5 N–H and O–H groups in total. The molecule has 0 aliphatic carbocycles. The number of nitrogens with zero attached hydrogens (tertiary/aromatic N) is 2. The van der Waals surface area contributed by atoms with Crippen molar-refractivity contribution in [3.63, 3.8) is 0 Å². The molecule has 0 fully saturated rings. The summed E-state index contributed by atoms with van der Waals surface area (Å²) in [6.07, 6.45) is 4.83. The number of benzene rings is 1. The van der Waals surface area contributed by atoms with Crippen molar-refractivity contribution in [1.29, 1.82) is 0 Å². The van der Waals surface area contributed by atoms with E-state index in [2.05, 4.69) is 15.3 Å². The number of allylic oxidation sites excluding steroid dienone is 2. The Morgan fingerprint density at radius 2 is 1.77 bits per heavy atom. The zero-order chi connectivity index (χ0) is 15.5. The van der Waals surface area contributed by atoms with Gasteiger partial charge >= 0.3 is 6.01 Å². The normalized spacial score (nSPS) is 14.3. The van der Waals surface area contributed by atoms with E-state index < -0.39 is 0 Å². The van der Waals surface area contributed by atoms with Crippen LogP contribution in [0, 0.1) is 0 Å². The third-order valence-corrected chi connectivity index (χ3v) is 3.30. The second-order valence-corrected chi connectivity index (χ2v) is 5.18. The minimum Gasteiger partial charge on any atom is -0.424 e. The summed E-state index contributed by atoms with van der Waals surface area (Å²) >= 11 is 6.04. The van der Waals surface area contributed by atoms with Crippen LogP contribution in [-0.4, -0.2) is 16.5 Å². The third-order valence-electron chi connectivity index (χ3n) is 3.06. The molecule has 0 radical (unpaired) electrons. The van der Waals surface area contributed by atoms with E-state index in [1.807, 2.05) is 30.3 Å². The lowest BCUT2D eigenvalue weighted by Gasteiger charge is -2.16. The van der Waals surface area contributed by atoms with E-state index in [4.69, 9.17) is 27.8 Å². The molecule has 0 saturated heterocycles. The van der Waals surface area contributed by atoms with Crippen molar-refractivity contribution in [2.75, 3.05) is 12.3 Å². The van der Waals surface area contributed by atoms with Gasteiger partial charge < -0.3 is 21.5 Å². The van der Waals surface area contributed by atoms with Gasteiger partial charge in [0.25, 0.3) is 0 Å². The Hall–Kier alpha value is -2.73. The molecule has 2 heterocycles. The van der Waals surface area contributed by atoms with Crippen LogP contribution in [0.2, 0.25) is 0 Å². The predicted octanol–water partition coefficient (Wildman–Crippen LogP) is 2.20. The summed E-state index contributed by atoms with van der Waals surface area (Å²) in [5.74, 6) is 1.21. The summed E-state index contributed by atoms with van der Waals surface area (Å²) in [7, 11) is 0. The molecule has 0 unspecified atom stereocenters. The number of nitrogens with one attached hydrogen (secondary N) is 1. The lowest BCUT2D eigenvalue weighted by Crippen LogP contribution is -2.25. The van der Waals surface area contributed by atoms with Crippen LogP contribution >= 0.6 is 11.6 Å². The van der Waals surface area contributed by atoms with Crippen LogP contribution in [0.5, 0.6) is 11.8 Å². The van der Waals surface area contributed by atoms with Gasteiger partial charge in [-0.15, -0.1) is 0 Å². The standard InChI is InChI=1S/C15H14ClN5O/c16-10-5-13(14(18)19-6-10)9-1-3-12(4-2-9)22-15-20-7-11(17)8-21-15/h1-5,7-8,19H,6,17-18H2. The van der Waals surface area contributed by atoms with Gasteiger partial charge in [-0.1, -0.05) is 23.7 Å². The lowest BCUT2D eigenvalue weighted by molar-refractivity contribution is 0.442. The molecule has 1 aliphatic heterocycles. The number of rotatable bonds is 3. The topological polar surface area (TPSA) is 99.1 Å². The van der Waals surface area contributed by atoms with Gasteiger partial charge in [0.15, 0.2) is 0 Å². The molecule has 6 nitrogen and oxygen atoms in total. The molecule has 0 bridgehead atoms. The zero-order valence-electron chi connectivity index (χ0n) is 11.6. The summed E-state index contributed by atoms with van der Waals surface area (Å²) < 4.78 is 5.54. The lowest BCUT2D eigenvalue weighted by atomic mass is 10.0. The molecule has 0 spiro atoms. The summed E-state index contributed by atoms with van der Waals surface area (Å²) in [6.45, 7) is 0.548. The number of dihydropyridines is 1. The molecular formula is C15H14ClN5O. The van der Waals surface area contributed by atoms with Crippen LogP contribution in [0.1, 0.15) is 5.56 Å². The first kappa shape index (κ1) is 14.2. The molecule has 1 aromatic carbocycles. The van der Waals surface area contributed by atoms with Crippen molar-refractivity contribution >= 4 is 22.9 Å². The monoisotopic (exact) mass is 315 g/mol. The maximum atomic E-state index is 6.04. The number of halogens is 1. The fraction of sp³-hybridized carbons (Fsp3) is 0.0667. The molecule has 1 aliphatic rings. The van der Waals surface area contributed by atoms with Gasteiger partial charge in [-0.25, -0.2) is 9.97 Å². The van der Waals surface area contributed by atoms with Crippen LogP contribution in [0.25, 0.3) is 5.57 Å². The highest BCUT2D eigenvalue weighted by atomic mass is 35.5. The summed E-state index contributed by atoms with van der Waals surface area (Å²) in [6, 6.07) is 7.64. The highest BCUT2D eigenvalue weighted by molar-refractivity contribution is 6.30. The maximum Gasteiger partial charge on any atom is 0.322 e. The van der Waals surface area contributed by atoms with E-state index in [0.29, 0.717) is 28.8 Å². The highest BCUT2D eigenvalue weighted by Crippen LogP contribution is 2.26. The number of aromatic nitrogens is 2. The van der Waals surface area contributed by atoms with E-state index in [0.717, 1.165) is 11.1 Å². The van der Waals surface area contributed by atoms with E-state index in [9.17, 15) is 0 Å². The Kier molecular flexibility index (Phi) is 3.84. The molecule has 0 amide bonds. The molecule has 22 heavy (non-hydrogen) atoms. The van der Waals surface area contributed by atoms with Crippen LogP contribution in [0.3, 0.4) is 0 Å². The molecule has 112 valence electrons.